The fourth-order valence-corrected chi connectivity index (χ4v) is 2.30. The molecule has 23 heavy (non-hydrogen) atoms. The van der Waals surface area contributed by atoms with Crippen molar-refractivity contribution in [3.8, 4) is 0 Å². The molecule has 0 aliphatic rings. The SMILES string of the molecule is O=C(Cc1ccc(Br)cc1)N/N=C/c1cnc2ccccc2n1. The molecule has 1 N–H and O–H groups in total. The maximum absolute atomic E-state index is 11.8. The molecule has 0 aliphatic heterocycles. The number of amides is 1. The Balaban J connectivity index is 1.60. The lowest BCUT2D eigenvalue weighted by Gasteiger charge is -2.01. The van der Waals surface area contributed by atoms with Gasteiger partial charge in [-0.1, -0.05) is 40.2 Å². The highest BCUT2D eigenvalue weighted by Gasteiger charge is 2.02. The molecule has 0 radical (unpaired) electrons. The Bertz CT molecular complexity index is 862. The van der Waals surface area contributed by atoms with Gasteiger partial charge in [-0.15, -0.1) is 0 Å². The highest BCUT2D eigenvalue weighted by molar-refractivity contribution is 9.10. The minimum Gasteiger partial charge on any atom is -0.273 e. The van der Waals surface area contributed by atoms with Gasteiger partial charge < -0.3 is 0 Å². The van der Waals surface area contributed by atoms with Crippen LogP contribution in [0.2, 0.25) is 0 Å². The summed E-state index contributed by atoms with van der Waals surface area (Å²) in [5, 5.41) is 3.93. The fourth-order valence-electron chi connectivity index (χ4n) is 2.03. The van der Waals surface area contributed by atoms with E-state index in [9.17, 15) is 4.79 Å². The van der Waals surface area contributed by atoms with Crippen molar-refractivity contribution in [3.63, 3.8) is 0 Å². The lowest BCUT2D eigenvalue weighted by molar-refractivity contribution is -0.120. The first-order valence-corrected chi connectivity index (χ1v) is 7.78. The first kappa shape index (κ1) is 15.3. The number of carbonyl (C=O) groups is 1. The first-order valence-electron chi connectivity index (χ1n) is 6.99. The topological polar surface area (TPSA) is 67.2 Å². The number of nitrogens with one attached hydrogen (secondary N) is 1. The lowest BCUT2D eigenvalue weighted by atomic mass is 10.1. The molecule has 114 valence electrons. The summed E-state index contributed by atoms with van der Waals surface area (Å²) in [5.74, 6) is -0.183. The largest absolute Gasteiger partial charge is 0.273 e. The van der Waals surface area contributed by atoms with E-state index in [1.165, 1.54) is 6.21 Å². The van der Waals surface area contributed by atoms with Crippen LogP contribution >= 0.6 is 15.9 Å². The number of aromatic nitrogens is 2. The van der Waals surface area contributed by atoms with Gasteiger partial charge in [0.05, 0.1) is 29.9 Å². The van der Waals surface area contributed by atoms with Crippen LogP contribution in [0.3, 0.4) is 0 Å². The van der Waals surface area contributed by atoms with Gasteiger partial charge in [0, 0.05) is 4.47 Å². The van der Waals surface area contributed by atoms with Crippen molar-refractivity contribution in [2.24, 2.45) is 5.10 Å². The predicted octanol–water partition coefficient (Wildman–Crippen LogP) is 3.09. The van der Waals surface area contributed by atoms with E-state index in [0.29, 0.717) is 5.69 Å². The second-order valence-electron chi connectivity index (χ2n) is 4.88. The number of rotatable bonds is 4. The molecule has 5 nitrogen and oxygen atoms in total. The quantitative estimate of drug-likeness (QED) is 0.568. The van der Waals surface area contributed by atoms with Crippen molar-refractivity contribution in [3.05, 3.63) is 70.5 Å². The molecule has 0 unspecified atom stereocenters. The van der Waals surface area contributed by atoms with Crippen LogP contribution in [0.15, 0.2) is 64.3 Å². The normalized spacial score (nSPS) is 11.0. The second kappa shape index (κ2) is 7.11. The van der Waals surface area contributed by atoms with Crippen LogP contribution in [0, 0.1) is 0 Å². The van der Waals surface area contributed by atoms with Crippen LogP contribution in [-0.4, -0.2) is 22.1 Å². The Morgan fingerprint density at radius 1 is 1.13 bits per heavy atom. The Kier molecular flexibility index (Phi) is 4.73. The smallest absolute Gasteiger partial charge is 0.244 e. The van der Waals surface area contributed by atoms with Gasteiger partial charge in [0.2, 0.25) is 5.91 Å². The average Bonchev–Trinajstić information content (AvgIpc) is 2.57. The number of para-hydroxylation sites is 2. The van der Waals surface area contributed by atoms with Gasteiger partial charge in [-0.25, -0.2) is 10.4 Å². The summed E-state index contributed by atoms with van der Waals surface area (Å²) in [6.07, 6.45) is 3.37. The third-order valence-electron chi connectivity index (χ3n) is 3.13. The molecule has 2 aromatic carbocycles. The number of hydrogen-bond acceptors (Lipinski definition) is 4. The van der Waals surface area contributed by atoms with Crippen molar-refractivity contribution in [2.45, 2.75) is 6.42 Å². The molecule has 3 rings (SSSR count). The maximum Gasteiger partial charge on any atom is 0.244 e. The Morgan fingerprint density at radius 3 is 2.65 bits per heavy atom. The molecule has 0 fully saturated rings. The zero-order valence-corrected chi connectivity index (χ0v) is 13.7. The van der Waals surface area contributed by atoms with E-state index >= 15 is 0 Å². The summed E-state index contributed by atoms with van der Waals surface area (Å²) >= 11 is 3.36. The lowest BCUT2D eigenvalue weighted by Crippen LogP contribution is -2.19. The van der Waals surface area contributed by atoms with E-state index in [0.717, 1.165) is 21.1 Å². The predicted molar refractivity (Wildman–Crippen MR) is 93.1 cm³/mol. The zero-order chi connectivity index (χ0) is 16.1. The number of hydrogen-bond donors (Lipinski definition) is 1. The number of halogens is 1. The van der Waals surface area contributed by atoms with E-state index in [2.05, 4.69) is 36.4 Å². The molecule has 0 saturated heterocycles. The third kappa shape index (κ3) is 4.20. The third-order valence-corrected chi connectivity index (χ3v) is 3.66. The van der Waals surface area contributed by atoms with E-state index in [1.54, 1.807) is 6.20 Å². The van der Waals surface area contributed by atoms with E-state index in [1.807, 2.05) is 48.5 Å². The summed E-state index contributed by atoms with van der Waals surface area (Å²) in [4.78, 5) is 20.5. The minimum atomic E-state index is -0.183. The van der Waals surface area contributed by atoms with Crippen LogP contribution < -0.4 is 5.43 Å². The highest BCUT2D eigenvalue weighted by atomic mass is 79.9. The number of benzene rings is 2. The molecule has 0 saturated carbocycles. The van der Waals surface area contributed by atoms with Gasteiger partial charge in [0.25, 0.3) is 0 Å². The van der Waals surface area contributed by atoms with Gasteiger partial charge >= 0.3 is 0 Å². The number of fused-ring (bicyclic) bond motifs is 1. The molecule has 1 heterocycles. The second-order valence-corrected chi connectivity index (χ2v) is 5.80. The van der Waals surface area contributed by atoms with Gasteiger partial charge in [-0.2, -0.15) is 5.10 Å². The molecule has 0 bridgehead atoms. The van der Waals surface area contributed by atoms with Crippen LogP contribution in [0.1, 0.15) is 11.3 Å². The van der Waals surface area contributed by atoms with Crippen LogP contribution in [0.4, 0.5) is 0 Å². The molecule has 3 aromatic rings. The van der Waals surface area contributed by atoms with E-state index < -0.39 is 0 Å². The van der Waals surface area contributed by atoms with Crippen LogP contribution in [0.5, 0.6) is 0 Å². The van der Waals surface area contributed by atoms with Crippen molar-refractivity contribution >= 4 is 39.1 Å². The minimum absolute atomic E-state index is 0.183. The summed E-state index contributed by atoms with van der Waals surface area (Å²) in [7, 11) is 0. The zero-order valence-electron chi connectivity index (χ0n) is 12.1. The number of hydrazone groups is 1. The van der Waals surface area contributed by atoms with Crippen LogP contribution in [0.25, 0.3) is 11.0 Å². The molecular formula is C17H13BrN4O. The molecule has 0 aliphatic carbocycles. The summed E-state index contributed by atoms with van der Waals surface area (Å²) < 4.78 is 0.981. The molecular weight excluding hydrogens is 356 g/mol. The molecule has 1 amide bonds. The number of carbonyl (C=O) groups excluding carboxylic acids is 1. The standard InChI is InChI=1S/C17H13BrN4O/c18-13-7-5-12(6-8-13)9-17(23)22-20-11-14-10-19-15-3-1-2-4-16(15)21-14/h1-8,10-11H,9H2,(H,22,23)/b20-11+. The maximum atomic E-state index is 11.8. The summed E-state index contributed by atoms with van der Waals surface area (Å²) in [6, 6.07) is 15.2. The number of nitrogens with zero attached hydrogens (tertiary/aromatic N) is 3. The molecule has 0 spiro atoms. The highest BCUT2D eigenvalue weighted by Crippen LogP contribution is 2.11. The van der Waals surface area contributed by atoms with Crippen molar-refractivity contribution in [2.75, 3.05) is 0 Å². The molecule has 1 aromatic heterocycles. The molecule has 0 atom stereocenters. The Hall–Kier alpha value is -2.60. The molecule has 6 heteroatoms. The van der Waals surface area contributed by atoms with Gasteiger partial charge in [0.1, 0.15) is 5.69 Å². The van der Waals surface area contributed by atoms with E-state index in [-0.39, 0.29) is 12.3 Å². The van der Waals surface area contributed by atoms with Crippen molar-refractivity contribution in [1.29, 1.82) is 0 Å². The van der Waals surface area contributed by atoms with Crippen molar-refractivity contribution < 1.29 is 4.79 Å². The summed E-state index contributed by atoms with van der Waals surface area (Å²) in [6.45, 7) is 0. The Labute approximate surface area is 141 Å². The van der Waals surface area contributed by atoms with E-state index in [4.69, 9.17) is 0 Å². The average molecular weight is 369 g/mol. The van der Waals surface area contributed by atoms with Crippen molar-refractivity contribution in [1.82, 2.24) is 15.4 Å². The van der Waals surface area contributed by atoms with Gasteiger partial charge in [0.15, 0.2) is 0 Å². The Morgan fingerprint density at radius 2 is 1.87 bits per heavy atom. The van der Waals surface area contributed by atoms with Gasteiger partial charge in [-0.05, 0) is 29.8 Å². The van der Waals surface area contributed by atoms with Gasteiger partial charge in [-0.3, -0.25) is 9.78 Å². The fraction of sp³-hybridized carbons (Fsp3) is 0.0588. The van der Waals surface area contributed by atoms with Crippen LogP contribution in [-0.2, 0) is 11.2 Å². The monoisotopic (exact) mass is 368 g/mol. The summed E-state index contributed by atoms with van der Waals surface area (Å²) in [5.41, 5.74) is 5.62. The first-order chi connectivity index (χ1) is 11.2.